The number of hydrogen-bond donors (Lipinski definition) is 1. The molecule has 0 heterocycles. The molecule has 1 amide bonds. The molecule has 4 nitrogen and oxygen atoms in total. The number of aryl methyl sites for hydroxylation is 1. The zero-order valence-electron chi connectivity index (χ0n) is 17.9. The number of halogens is 3. The Morgan fingerprint density at radius 3 is 2.24 bits per heavy atom. The Balaban J connectivity index is 1.72. The van der Waals surface area contributed by atoms with Crippen LogP contribution in [0.25, 0.3) is 11.1 Å². The van der Waals surface area contributed by atoms with Crippen LogP contribution in [0.15, 0.2) is 84.9 Å². The number of nitrogens with one attached hydrogen (secondary N) is 1. The van der Waals surface area contributed by atoms with Gasteiger partial charge in [-0.05, 0) is 78.7 Å². The molecule has 34 heavy (non-hydrogen) atoms. The third-order valence-electron chi connectivity index (χ3n) is 5.02. The average molecular weight is 461 g/mol. The topological polar surface area (TPSA) is 55.4 Å². The first-order valence-corrected chi connectivity index (χ1v) is 10.3. The summed E-state index contributed by atoms with van der Waals surface area (Å²) in [5.74, 6) is -3.53. The first-order chi connectivity index (χ1) is 16.3. The van der Waals surface area contributed by atoms with E-state index in [2.05, 4.69) is 5.32 Å². The molecule has 0 aromatic heterocycles. The van der Waals surface area contributed by atoms with E-state index in [0.29, 0.717) is 5.69 Å². The van der Waals surface area contributed by atoms with Crippen molar-refractivity contribution in [3.63, 3.8) is 0 Å². The number of ether oxygens (including phenoxy) is 1. The van der Waals surface area contributed by atoms with Crippen LogP contribution >= 0.6 is 0 Å². The third kappa shape index (κ3) is 5.15. The van der Waals surface area contributed by atoms with Gasteiger partial charge in [-0.1, -0.05) is 18.2 Å². The molecule has 0 aliphatic carbocycles. The molecule has 4 aromatic rings. The van der Waals surface area contributed by atoms with Crippen LogP contribution in [0.5, 0.6) is 5.75 Å². The first-order valence-electron chi connectivity index (χ1n) is 10.3. The van der Waals surface area contributed by atoms with Crippen LogP contribution in [0.4, 0.5) is 18.9 Å². The second-order valence-corrected chi connectivity index (χ2v) is 7.56. The Hall–Kier alpha value is -4.39. The van der Waals surface area contributed by atoms with Crippen LogP contribution in [-0.4, -0.2) is 11.9 Å². The van der Waals surface area contributed by atoms with Crippen molar-refractivity contribution in [2.75, 3.05) is 5.32 Å². The molecule has 0 aliphatic heterocycles. The lowest BCUT2D eigenvalue weighted by Gasteiger charge is -2.13. The van der Waals surface area contributed by atoms with Gasteiger partial charge in [0.05, 0.1) is 11.1 Å². The molecule has 0 unspecified atom stereocenters. The van der Waals surface area contributed by atoms with E-state index in [1.165, 1.54) is 36.4 Å². The molecule has 1 N–H and O–H groups in total. The van der Waals surface area contributed by atoms with Gasteiger partial charge < -0.3 is 10.1 Å². The quantitative estimate of drug-likeness (QED) is 0.271. The number of carbonyl (C=O) groups excluding carboxylic acids is 2. The highest BCUT2D eigenvalue weighted by Crippen LogP contribution is 2.30. The second-order valence-electron chi connectivity index (χ2n) is 7.56. The summed E-state index contributed by atoms with van der Waals surface area (Å²) < 4.78 is 46.3. The molecule has 0 bridgehead atoms. The van der Waals surface area contributed by atoms with Crippen LogP contribution in [0.2, 0.25) is 0 Å². The summed E-state index contributed by atoms with van der Waals surface area (Å²) in [4.78, 5) is 25.7. The van der Waals surface area contributed by atoms with E-state index in [-0.39, 0.29) is 28.0 Å². The van der Waals surface area contributed by atoms with Crippen LogP contribution in [-0.2, 0) is 0 Å². The van der Waals surface area contributed by atoms with Gasteiger partial charge in [-0.25, -0.2) is 18.0 Å². The molecule has 0 aliphatic rings. The highest BCUT2D eigenvalue weighted by atomic mass is 19.1. The van der Waals surface area contributed by atoms with Gasteiger partial charge >= 0.3 is 5.97 Å². The number of rotatable bonds is 5. The van der Waals surface area contributed by atoms with Crippen molar-refractivity contribution in [2.24, 2.45) is 0 Å². The minimum absolute atomic E-state index is 0.0433. The van der Waals surface area contributed by atoms with Gasteiger partial charge in [0.15, 0.2) is 0 Å². The van der Waals surface area contributed by atoms with Gasteiger partial charge in [-0.2, -0.15) is 0 Å². The third-order valence-corrected chi connectivity index (χ3v) is 5.02. The molecular weight excluding hydrogens is 443 g/mol. The van der Waals surface area contributed by atoms with Crippen molar-refractivity contribution in [2.45, 2.75) is 6.92 Å². The van der Waals surface area contributed by atoms with Crippen LogP contribution < -0.4 is 10.1 Å². The molecule has 0 fully saturated rings. The minimum Gasteiger partial charge on any atom is -0.422 e. The van der Waals surface area contributed by atoms with Crippen LogP contribution in [0, 0.1) is 24.4 Å². The summed E-state index contributed by atoms with van der Waals surface area (Å²) in [5.41, 5.74) is 1.83. The first kappa shape index (κ1) is 22.8. The molecule has 170 valence electrons. The van der Waals surface area contributed by atoms with Gasteiger partial charge in [0, 0.05) is 17.3 Å². The zero-order chi connectivity index (χ0) is 24.2. The van der Waals surface area contributed by atoms with Crippen molar-refractivity contribution in [3.05, 3.63) is 119 Å². The number of carbonyl (C=O) groups is 2. The Bertz CT molecular complexity index is 1380. The summed E-state index contributed by atoms with van der Waals surface area (Å²) in [5, 5.41) is 2.73. The van der Waals surface area contributed by atoms with Crippen molar-refractivity contribution >= 4 is 17.6 Å². The summed E-state index contributed by atoms with van der Waals surface area (Å²) >= 11 is 0. The standard InChI is InChI=1S/C27H18F3NO3/c1-16-3-2-4-21(13-16)31-26(32)23-14-18(22-11-10-20(29)15-24(22)30)7-12-25(23)34-27(33)17-5-8-19(28)9-6-17/h2-15H,1H3,(H,31,32). The maximum atomic E-state index is 14.4. The fourth-order valence-electron chi connectivity index (χ4n) is 3.35. The van der Waals surface area contributed by atoms with E-state index in [1.807, 2.05) is 13.0 Å². The van der Waals surface area contributed by atoms with Crippen molar-refractivity contribution in [1.29, 1.82) is 0 Å². The monoisotopic (exact) mass is 461 g/mol. The van der Waals surface area contributed by atoms with Crippen molar-refractivity contribution < 1.29 is 27.5 Å². The lowest BCUT2D eigenvalue weighted by atomic mass is 10.0. The predicted molar refractivity (Wildman–Crippen MR) is 122 cm³/mol. The van der Waals surface area contributed by atoms with E-state index >= 15 is 0 Å². The molecule has 0 saturated carbocycles. The maximum Gasteiger partial charge on any atom is 0.343 e. The molecular formula is C27H18F3NO3. The summed E-state index contributed by atoms with van der Waals surface area (Å²) in [6.45, 7) is 1.86. The Kier molecular flexibility index (Phi) is 6.45. The summed E-state index contributed by atoms with van der Waals surface area (Å²) in [7, 11) is 0. The molecule has 7 heteroatoms. The average Bonchev–Trinajstić information content (AvgIpc) is 2.80. The molecule has 4 rings (SSSR count). The Morgan fingerprint density at radius 2 is 1.53 bits per heavy atom. The minimum atomic E-state index is -0.805. The molecule has 0 radical (unpaired) electrons. The van der Waals surface area contributed by atoms with Gasteiger partial charge in [-0.3, -0.25) is 4.79 Å². The summed E-state index contributed by atoms with van der Waals surface area (Å²) in [6, 6.07) is 19.1. The van der Waals surface area contributed by atoms with E-state index in [4.69, 9.17) is 4.74 Å². The number of hydrogen-bond acceptors (Lipinski definition) is 3. The highest BCUT2D eigenvalue weighted by molar-refractivity contribution is 6.07. The Morgan fingerprint density at radius 1 is 0.794 bits per heavy atom. The van der Waals surface area contributed by atoms with E-state index in [1.54, 1.807) is 18.2 Å². The van der Waals surface area contributed by atoms with Gasteiger partial charge in [-0.15, -0.1) is 0 Å². The maximum absolute atomic E-state index is 14.4. The lowest BCUT2D eigenvalue weighted by Crippen LogP contribution is -2.16. The smallest absolute Gasteiger partial charge is 0.343 e. The predicted octanol–water partition coefficient (Wildman–Crippen LogP) is 6.55. The molecule has 0 spiro atoms. The number of anilines is 1. The van der Waals surface area contributed by atoms with E-state index in [9.17, 15) is 22.8 Å². The number of benzene rings is 4. The largest absolute Gasteiger partial charge is 0.422 e. The van der Waals surface area contributed by atoms with Gasteiger partial charge in [0.1, 0.15) is 23.2 Å². The fraction of sp³-hybridized carbons (Fsp3) is 0.0370. The van der Waals surface area contributed by atoms with Crippen LogP contribution in [0.1, 0.15) is 26.3 Å². The van der Waals surface area contributed by atoms with E-state index < -0.39 is 29.3 Å². The fourth-order valence-corrected chi connectivity index (χ4v) is 3.35. The van der Waals surface area contributed by atoms with E-state index in [0.717, 1.165) is 29.8 Å². The summed E-state index contributed by atoms with van der Waals surface area (Å²) in [6.07, 6.45) is 0. The van der Waals surface area contributed by atoms with Crippen LogP contribution in [0.3, 0.4) is 0 Å². The second kappa shape index (κ2) is 9.62. The van der Waals surface area contributed by atoms with Gasteiger partial charge in [0.2, 0.25) is 0 Å². The van der Waals surface area contributed by atoms with Crippen molar-refractivity contribution in [1.82, 2.24) is 0 Å². The molecule has 4 aromatic carbocycles. The molecule has 0 saturated heterocycles. The SMILES string of the molecule is Cc1cccc(NC(=O)c2cc(-c3ccc(F)cc3F)ccc2OC(=O)c2ccc(F)cc2)c1. The normalized spacial score (nSPS) is 10.6. The number of amides is 1. The molecule has 0 atom stereocenters. The van der Waals surface area contributed by atoms with Gasteiger partial charge in [0.25, 0.3) is 5.91 Å². The highest BCUT2D eigenvalue weighted by Gasteiger charge is 2.19. The number of esters is 1. The lowest BCUT2D eigenvalue weighted by molar-refractivity contribution is 0.0733. The zero-order valence-corrected chi connectivity index (χ0v) is 17.9. The van der Waals surface area contributed by atoms with Crippen molar-refractivity contribution in [3.8, 4) is 16.9 Å². The Labute approximate surface area is 193 Å².